The van der Waals surface area contributed by atoms with E-state index in [0.717, 1.165) is 25.7 Å². The van der Waals surface area contributed by atoms with Crippen LogP contribution in [0.5, 0.6) is 5.75 Å². The standard InChI is InChI=1S/C22H29N3O6S2/c1-31-19-8-12-20(13-9-19)32(27,28)23-15-14-22(26)24-18-6-10-21(11-7-18)33(29,30)25-16-4-2-3-5-17-25/h6-13,23H,2-5,14-17H2,1H3,(H,24,26). The summed E-state index contributed by atoms with van der Waals surface area (Å²) < 4.78 is 59.2. The molecule has 0 radical (unpaired) electrons. The maximum atomic E-state index is 12.8. The van der Waals surface area contributed by atoms with Crippen molar-refractivity contribution in [2.75, 3.05) is 32.1 Å². The van der Waals surface area contributed by atoms with Crippen molar-refractivity contribution in [1.82, 2.24) is 9.03 Å². The third-order valence-corrected chi connectivity index (χ3v) is 8.74. The highest BCUT2D eigenvalue weighted by Gasteiger charge is 2.25. The molecule has 11 heteroatoms. The topological polar surface area (TPSA) is 122 Å². The zero-order chi connectivity index (χ0) is 23.9. The first-order valence-electron chi connectivity index (χ1n) is 10.8. The molecule has 0 unspecified atom stereocenters. The predicted octanol–water partition coefficient (Wildman–Crippen LogP) is 2.57. The van der Waals surface area contributed by atoms with E-state index in [4.69, 9.17) is 4.74 Å². The molecule has 0 aliphatic carbocycles. The molecule has 1 aliphatic heterocycles. The fourth-order valence-corrected chi connectivity index (χ4v) is 6.05. The lowest BCUT2D eigenvalue weighted by Gasteiger charge is -2.20. The predicted molar refractivity (Wildman–Crippen MR) is 125 cm³/mol. The number of amides is 1. The average Bonchev–Trinajstić information content (AvgIpc) is 3.10. The van der Waals surface area contributed by atoms with Gasteiger partial charge in [-0.25, -0.2) is 21.6 Å². The minimum atomic E-state index is -3.75. The van der Waals surface area contributed by atoms with Crippen molar-refractivity contribution in [1.29, 1.82) is 0 Å². The van der Waals surface area contributed by atoms with Gasteiger partial charge in [0, 0.05) is 31.7 Å². The van der Waals surface area contributed by atoms with Crippen molar-refractivity contribution >= 4 is 31.6 Å². The Labute approximate surface area is 195 Å². The van der Waals surface area contributed by atoms with Crippen LogP contribution in [0.4, 0.5) is 5.69 Å². The third-order valence-electron chi connectivity index (χ3n) is 5.35. The van der Waals surface area contributed by atoms with Crippen LogP contribution in [0.25, 0.3) is 0 Å². The Bertz CT molecular complexity index is 1140. The van der Waals surface area contributed by atoms with Gasteiger partial charge in [0.15, 0.2) is 0 Å². The molecule has 1 heterocycles. The zero-order valence-corrected chi connectivity index (χ0v) is 20.1. The van der Waals surface area contributed by atoms with Crippen LogP contribution in [0.15, 0.2) is 58.3 Å². The summed E-state index contributed by atoms with van der Waals surface area (Å²) in [6, 6.07) is 11.9. The molecular weight excluding hydrogens is 466 g/mol. The van der Waals surface area contributed by atoms with Crippen molar-refractivity contribution in [2.45, 2.75) is 41.9 Å². The third kappa shape index (κ3) is 6.76. The minimum Gasteiger partial charge on any atom is -0.497 e. The van der Waals surface area contributed by atoms with E-state index in [0.29, 0.717) is 24.5 Å². The van der Waals surface area contributed by atoms with Gasteiger partial charge in [0.25, 0.3) is 0 Å². The Balaban J connectivity index is 1.52. The summed E-state index contributed by atoms with van der Waals surface area (Å²) in [5.74, 6) is 0.147. The number of carbonyl (C=O) groups excluding carboxylic acids is 1. The Morgan fingerprint density at radius 3 is 2.03 bits per heavy atom. The molecule has 3 rings (SSSR count). The molecule has 0 spiro atoms. The lowest BCUT2D eigenvalue weighted by molar-refractivity contribution is -0.116. The number of carbonyl (C=O) groups is 1. The maximum absolute atomic E-state index is 12.8. The molecular formula is C22H29N3O6S2. The van der Waals surface area contributed by atoms with E-state index >= 15 is 0 Å². The molecule has 0 aromatic heterocycles. The van der Waals surface area contributed by atoms with Crippen LogP contribution in [0.1, 0.15) is 32.1 Å². The van der Waals surface area contributed by atoms with Crippen molar-refractivity contribution in [3.05, 3.63) is 48.5 Å². The lowest BCUT2D eigenvalue weighted by atomic mass is 10.2. The van der Waals surface area contributed by atoms with Gasteiger partial charge in [0.1, 0.15) is 5.75 Å². The molecule has 2 aromatic rings. The summed E-state index contributed by atoms with van der Waals surface area (Å²) in [6.07, 6.45) is 3.70. The van der Waals surface area contributed by atoms with Gasteiger partial charge in [-0.05, 0) is 61.4 Å². The van der Waals surface area contributed by atoms with Gasteiger partial charge in [-0.3, -0.25) is 4.79 Å². The van der Waals surface area contributed by atoms with E-state index in [1.165, 1.54) is 59.9 Å². The van der Waals surface area contributed by atoms with Crippen molar-refractivity contribution in [3.8, 4) is 5.75 Å². The van der Waals surface area contributed by atoms with E-state index in [1.54, 1.807) is 0 Å². The van der Waals surface area contributed by atoms with Gasteiger partial charge in [-0.2, -0.15) is 4.31 Å². The first-order chi connectivity index (χ1) is 15.7. The summed E-state index contributed by atoms with van der Waals surface area (Å²) in [7, 11) is -5.81. The highest BCUT2D eigenvalue weighted by molar-refractivity contribution is 7.89. The number of methoxy groups -OCH3 is 1. The fourth-order valence-electron chi connectivity index (χ4n) is 3.50. The van der Waals surface area contributed by atoms with E-state index in [1.807, 2.05) is 0 Å². The van der Waals surface area contributed by atoms with E-state index in [2.05, 4.69) is 10.0 Å². The second-order valence-corrected chi connectivity index (χ2v) is 11.4. The van der Waals surface area contributed by atoms with Crippen LogP contribution in [0.3, 0.4) is 0 Å². The van der Waals surface area contributed by atoms with Crippen LogP contribution in [0, 0.1) is 0 Å². The van der Waals surface area contributed by atoms with Crippen LogP contribution in [-0.2, 0) is 24.8 Å². The van der Waals surface area contributed by atoms with E-state index < -0.39 is 26.0 Å². The summed E-state index contributed by atoms with van der Waals surface area (Å²) >= 11 is 0. The normalized spacial score (nSPS) is 15.5. The number of ether oxygens (including phenoxy) is 1. The molecule has 9 nitrogen and oxygen atoms in total. The lowest BCUT2D eigenvalue weighted by Crippen LogP contribution is -2.31. The quantitative estimate of drug-likeness (QED) is 0.551. The number of hydrogen-bond acceptors (Lipinski definition) is 6. The summed E-state index contributed by atoms with van der Waals surface area (Å²) in [5.41, 5.74) is 0.438. The molecule has 1 fully saturated rings. The monoisotopic (exact) mass is 495 g/mol. The van der Waals surface area contributed by atoms with Gasteiger partial charge in [0.2, 0.25) is 26.0 Å². The average molecular weight is 496 g/mol. The van der Waals surface area contributed by atoms with Crippen molar-refractivity contribution in [2.24, 2.45) is 0 Å². The van der Waals surface area contributed by atoms with Crippen molar-refractivity contribution in [3.63, 3.8) is 0 Å². The zero-order valence-electron chi connectivity index (χ0n) is 18.5. The summed E-state index contributed by atoms with van der Waals surface area (Å²) in [5, 5.41) is 2.65. The van der Waals surface area contributed by atoms with Gasteiger partial charge in [-0.1, -0.05) is 12.8 Å². The highest BCUT2D eigenvalue weighted by atomic mass is 32.2. The van der Waals surface area contributed by atoms with Crippen LogP contribution in [0.2, 0.25) is 0 Å². The minimum absolute atomic E-state index is 0.0740. The summed E-state index contributed by atoms with van der Waals surface area (Å²) in [6.45, 7) is 0.960. The van der Waals surface area contributed by atoms with Gasteiger partial charge < -0.3 is 10.1 Å². The molecule has 1 saturated heterocycles. The number of benzene rings is 2. The fraction of sp³-hybridized carbons (Fsp3) is 0.409. The first-order valence-corrected chi connectivity index (χ1v) is 13.7. The van der Waals surface area contributed by atoms with Crippen LogP contribution < -0.4 is 14.8 Å². The Hall–Kier alpha value is -2.47. The smallest absolute Gasteiger partial charge is 0.243 e. The summed E-state index contributed by atoms with van der Waals surface area (Å²) in [4.78, 5) is 12.5. The molecule has 180 valence electrons. The molecule has 1 aliphatic rings. The second-order valence-electron chi connectivity index (χ2n) is 7.71. The first kappa shape index (κ1) is 25.2. The SMILES string of the molecule is COc1ccc(S(=O)(=O)NCCC(=O)Nc2ccc(S(=O)(=O)N3CCCCCC3)cc2)cc1. The van der Waals surface area contributed by atoms with Gasteiger partial charge in [0.05, 0.1) is 16.9 Å². The number of anilines is 1. The van der Waals surface area contributed by atoms with Crippen LogP contribution in [-0.4, -0.2) is 53.8 Å². The maximum Gasteiger partial charge on any atom is 0.243 e. The molecule has 0 bridgehead atoms. The number of nitrogens with zero attached hydrogens (tertiary/aromatic N) is 1. The molecule has 33 heavy (non-hydrogen) atoms. The largest absolute Gasteiger partial charge is 0.497 e. The van der Waals surface area contributed by atoms with Crippen molar-refractivity contribution < 1.29 is 26.4 Å². The van der Waals surface area contributed by atoms with E-state index in [-0.39, 0.29) is 22.8 Å². The van der Waals surface area contributed by atoms with E-state index in [9.17, 15) is 21.6 Å². The Morgan fingerprint density at radius 1 is 0.879 bits per heavy atom. The van der Waals surface area contributed by atoms with Gasteiger partial charge >= 0.3 is 0 Å². The number of sulfonamides is 2. The molecule has 2 aromatic carbocycles. The Morgan fingerprint density at radius 2 is 1.45 bits per heavy atom. The molecule has 0 saturated carbocycles. The number of nitrogens with one attached hydrogen (secondary N) is 2. The van der Waals surface area contributed by atoms with Crippen LogP contribution >= 0.6 is 0 Å². The second kappa shape index (κ2) is 11.1. The Kier molecular flexibility index (Phi) is 8.46. The molecule has 2 N–H and O–H groups in total. The number of hydrogen-bond donors (Lipinski definition) is 2. The molecule has 0 atom stereocenters. The number of rotatable bonds is 9. The molecule has 1 amide bonds. The van der Waals surface area contributed by atoms with Gasteiger partial charge in [-0.15, -0.1) is 0 Å². The highest BCUT2D eigenvalue weighted by Crippen LogP contribution is 2.22.